The van der Waals surface area contributed by atoms with Crippen LogP contribution in [-0.2, 0) is 16.1 Å². The van der Waals surface area contributed by atoms with Crippen molar-refractivity contribution < 1.29 is 18.7 Å². The van der Waals surface area contributed by atoms with Crippen molar-refractivity contribution >= 4 is 11.8 Å². The second kappa shape index (κ2) is 9.94. The third kappa shape index (κ3) is 6.81. The Hall–Kier alpha value is -2.89. The zero-order valence-corrected chi connectivity index (χ0v) is 19.5. The van der Waals surface area contributed by atoms with Gasteiger partial charge in [0.1, 0.15) is 17.6 Å². The van der Waals surface area contributed by atoms with Gasteiger partial charge >= 0.3 is 0 Å². The number of amides is 2. The summed E-state index contributed by atoms with van der Waals surface area (Å²) in [5.41, 5.74) is 2.95. The molecular weight excluding hydrogens is 395 g/mol. The third-order valence-corrected chi connectivity index (χ3v) is 5.08. The van der Waals surface area contributed by atoms with Gasteiger partial charge in [0.25, 0.3) is 5.91 Å². The molecule has 1 N–H and O–H groups in total. The largest absolute Gasteiger partial charge is 0.483 e. The van der Waals surface area contributed by atoms with Gasteiger partial charge in [0.05, 0.1) is 0 Å². The first-order chi connectivity index (χ1) is 14.4. The molecule has 0 aliphatic rings. The third-order valence-electron chi connectivity index (χ3n) is 5.08. The summed E-state index contributed by atoms with van der Waals surface area (Å²) in [6.45, 7) is 12.9. The second-order valence-electron chi connectivity index (χ2n) is 9.02. The summed E-state index contributed by atoms with van der Waals surface area (Å²) in [4.78, 5) is 27.2. The van der Waals surface area contributed by atoms with Gasteiger partial charge < -0.3 is 15.0 Å². The van der Waals surface area contributed by atoms with E-state index in [1.807, 2.05) is 53.7 Å². The molecule has 31 heavy (non-hydrogen) atoms. The number of halogens is 1. The standard InChI is InChI=1S/C25H33FN2O3/c1-16-12-17(2)18(3)22(13-16)31-15-23(29)28(14-20-10-8-9-11-21(20)26)19(4)24(30)27-25(5,6)7/h8-13,19H,14-15H2,1-7H3,(H,27,30)/t19-/m0/s1. The summed E-state index contributed by atoms with van der Waals surface area (Å²) in [7, 11) is 0. The molecule has 2 rings (SSSR count). The van der Waals surface area contributed by atoms with Crippen LogP contribution < -0.4 is 10.1 Å². The van der Waals surface area contributed by atoms with Crippen LogP contribution in [0, 0.1) is 26.6 Å². The lowest BCUT2D eigenvalue weighted by molar-refractivity contribution is -0.142. The minimum Gasteiger partial charge on any atom is -0.483 e. The molecule has 0 aromatic heterocycles. The molecule has 1 atom stereocenters. The van der Waals surface area contributed by atoms with Crippen molar-refractivity contribution in [1.82, 2.24) is 10.2 Å². The first kappa shape index (κ1) is 24.4. The number of ether oxygens (including phenoxy) is 1. The predicted molar refractivity (Wildman–Crippen MR) is 120 cm³/mol. The Labute approximate surface area is 184 Å². The van der Waals surface area contributed by atoms with Crippen LogP contribution in [0.5, 0.6) is 5.75 Å². The van der Waals surface area contributed by atoms with E-state index in [1.165, 1.54) is 11.0 Å². The average molecular weight is 429 g/mol. The van der Waals surface area contributed by atoms with Gasteiger partial charge in [0.15, 0.2) is 6.61 Å². The van der Waals surface area contributed by atoms with Crippen molar-refractivity contribution in [3.05, 3.63) is 64.5 Å². The fourth-order valence-electron chi connectivity index (χ4n) is 3.24. The van der Waals surface area contributed by atoms with E-state index >= 15 is 0 Å². The van der Waals surface area contributed by atoms with E-state index in [4.69, 9.17) is 4.74 Å². The summed E-state index contributed by atoms with van der Waals surface area (Å²) in [5, 5.41) is 2.89. The molecule has 168 valence electrons. The van der Waals surface area contributed by atoms with Crippen LogP contribution in [-0.4, -0.2) is 34.9 Å². The molecule has 2 aromatic carbocycles. The Morgan fingerprint density at radius 3 is 2.39 bits per heavy atom. The van der Waals surface area contributed by atoms with Gasteiger partial charge in [-0.2, -0.15) is 0 Å². The van der Waals surface area contributed by atoms with E-state index in [1.54, 1.807) is 25.1 Å². The molecule has 6 heteroatoms. The molecule has 0 aliphatic heterocycles. The Morgan fingerprint density at radius 2 is 1.77 bits per heavy atom. The summed E-state index contributed by atoms with van der Waals surface area (Å²) in [6, 6.07) is 9.38. The van der Waals surface area contributed by atoms with Crippen LogP contribution in [0.2, 0.25) is 0 Å². The van der Waals surface area contributed by atoms with Crippen LogP contribution in [0.3, 0.4) is 0 Å². The molecular formula is C25H33FN2O3. The lowest BCUT2D eigenvalue weighted by Crippen LogP contribution is -2.53. The summed E-state index contributed by atoms with van der Waals surface area (Å²) in [5.74, 6) is -0.489. The SMILES string of the molecule is Cc1cc(C)c(C)c(OCC(=O)N(Cc2ccccc2F)[C@@H](C)C(=O)NC(C)(C)C)c1. The lowest BCUT2D eigenvalue weighted by atomic mass is 10.1. The van der Waals surface area contributed by atoms with Gasteiger partial charge in [-0.1, -0.05) is 24.3 Å². The van der Waals surface area contributed by atoms with E-state index < -0.39 is 23.3 Å². The molecule has 0 radical (unpaired) electrons. The molecule has 0 unspecified atom stereocenters. The zero-order chi connectivity index (χ0) is 23.3. The lowest BCUT2D eigenvalue weighted by Gasteiger charge is -2.31. The van der Waals surface area contributed by atoms with E-state index in [9.17, 15) is 14.0 Å². The number of hydrogen-bond donors (Lipinski definition) is 1. The number of carbonyl (C=O) groups is 2. The number of nitrogens with zero attached hydrogens (tertiary/aromatic N) is 1. The molecule has 0 saturated heterocycles. The Bertz CT molecular complexity index is 950. The highest BCUT2D eigenvalue weighted by Crippen LogP contribution is 2.23. The molecule has 0 aliphatic carbocycles. The number of benzene rings is 2. The van der Waals surface area contributed by atoms with Gasteiger partial charge in [0.2, 0.25) is 5.91 Å². The van der Waals surface area contributed by atoms with Crippen molar-refractivity contribution in [2.24, 2.45) is 0 Å². The highest BCUT2D eigenvalue weighted by molar-refractivity contribution is 5.88. The number of nitrogens with one attached hydrogen (secondary N) is 1. The van der Waals surface area contributed by atoms with Gasteiger partial charge in [-0.15, -0.1) is 0 Å². The average Bonchev–Trinajstić information content (AvgIpc) is 2.67. The second-order valence-corrected chi connectivity index (χ2v) is 9.02. The highest BCUT2D eigenvalue weighted by atomic mass is 19.1. The fourth-order valence-corrected chi connectivity index (χ4v) is 3.24. The molecule has 0 fully saturated rings. The van der Waals surface area contributed by atoms with Crippen LogP contribution in [0.4, 0.5) is 4.39 Å². The smallest absolute Gasteiger partial charge is 0.261 e. The van der Waals surface area contributed by atoms with Crippen molar-refractivity contribution in [1.29, 1.82) is 0 Å². The van der Waals surface area contributed by atoms with Crippen molar-refractivity contribution in [3.63, 3.8) is 0 Å². The maximum absolute atomic E-state index is 14.3. The number of rotatable bonds is 7. The van der Waals surface area contributed by atoms with E-state index in [2.05, 4.69) is 5.32 Å². The predicted octanol–water partition coefficient (Wildman–Crippen LogP) is 4.46. The Morgan fingerprint density at radius 1 is 1.13 bits per heavy atom. The maximum Gasteiger partial charge on any atom is 0.261 e. The first-order valence-electron chi connectivity index (χ1n) is 10.4. The Kier molecular flexibility index (Phi) is 7.82. The van der Waals surface area contributed by atoms with Gasteiger partial charge in [-0.25, -0.2) is 4.39 Å². The molecule has 0 bridgehead atoms. The summed E-state index contributed by atoms with van der Waals surface area (Å²) < 4.78 is 20.1. The van der Waals surface area contributed by atoms with E-state index in [-0.39, 0.29) is 19.1 Å². The summed E-state index contributed by atoms with van der Waals surface area (Å²) >= 11 is 0. The maximum atomic E-state index is 14.3. The minimum atomic E-state index is -0.796. The van der Waals surface area contributed by atoms with Crippen molar-refractivity contribution in [2.45, 2.75) is 66.6 Å². The van der Waals surface area contributed by atoms with Gasteiger partial charge in [-0.3, -0.25) is 9.59 Å². The van der Waals surface area contributed by atoms with Crippen LogP contribution in [0.1, 0.15) is 49.9 Å². The molecule has 5 nitrogen and oxygen atoms in total. The first-order valence-corrected chi connectivity index (χ1v) is 10.4. The minimum absolute atomic E-state index is 0.0283. The molecule has 0 heterocycles. The zero-order valence-electron chi connectivity index (χ0n) is 19.5. The van der Waals surface area contributed by atoms with Crippen molar-refractivity contribution in [3.8, 4) is 5.75 Å². The Balaban J connectivity index is 2.25. The molecule has 2 amide bonds. The molecule has 0 saturated carbocycles. The van der Waals surface area contributed by atoms with E-state index in [0.717, 1.165) is 16.7 Å². The normalized spacial score (nSPS) is 12.3. The van der Waals surface area contributed by atoms with Crippen LogP contribution >= 0.6 is 0 Å². The highest BCUT2D eigenvalue weighted by Gasteiger charge is 2.29. The van der Waals surface area contributed by atoms with Gasteiger partial charge in [-0.05, 0) is 77.3 Å². The molecule has 2 aromatic rings. The van der Waals surface area contributed by atoms with Crippen LogP contribution in [0.25, 0.3) is 0 Å². The number of hydrogen-bond acceptors (Lipinski definition) is 3. The van der Waals surface area contributed by atoms with Crippen LogP contribution in [0.15, 0.2) is 36.4 Å². The van der Waals surface area contributed by atoms with E-state index in [0.29, 0.717) is 11.3 Å². The number of aryl methyl sites for hydroxylation is 2. The molecule has 0 spiro atoms. The summed E-state index contributed by atoms with van der Waals surface area (Å²) in [6.07, 6.45) is 0. The fraction of sp³-hybridized carbons (Fsp3) is 0.440. The monoisotopic (exact) mass is 428 g/mol. The topological polar surface area (TPSA) is 58.6 Å². The van der Waals surface area contributed by atoms with Crippen molar-refractivity contribution in [2.75, 3.05) is 6.61 Å². The quantitative estimate of drug-likeness (QED) is 0.708. The number of carbonyl (C=O) groups excluding carboxylic acids is 2. The van der Waals surface area contributed by atoms with Gasteiger partial charge in [0, 0.05) is 17.6 Å².